The highest BCUT2D eigenvalue weighted by molar-refractivity contribution is 6.02. The average Bonchev–Trinajstić information content (AvgIpc) is 2.79. The van der Waals surface area contributed by atoms with Crippen molar-refractivity contribution in [3.05, 3.63) is 23.9 Å². The van der Waals surface area contributed by atoms with E-state index in [0.717, 1.165) is 0 Å². The van der Waals surface area contributed by atoms with Crippen LogP contribution >= 0.6 is 0 Å². The first-order chi connectivity index (χ1) is 8.67. The minimum Gasteiger partial charge on any atom is -0.465 e. The van der Waals surface area contributed by atoms with Gasteiger partial charge in [-0.3, -0.25) is 9.69 Å². The summed E-state index contributed by atoms with van der Waals surface area (Å²) in [5.74, 6) is 2.09. The number of pyridine rings is 1. The third kappa shape index (κ3) is 2.05. The molecule has 1 aliphatic heterocycles. The summed E-state index contributed by atoms with van der Waals surface area (Å²) in [7, 11) is 1.29. The van der Waals surface area contributed by atoms with Crippen LogP contribution in [0.25, 0.3) is 0 Å². The van der Waals surface area contributed by atoms with Crippen LogP contribution in [0, 0.1) is 18.3 Å². The van der Waals surface area contributed by atoms with E-state index in [4.69, 9.17) is 6.42 Å². The van der Waals surface area contributed by atoms with Gasteiger partial charge in [0.1, 0.15) is 11.4 Å². The maximum absolute atomic E-state index is 11.8. The van der Waals surface area contributed by atoms with E-state index in [-0.39, 0.29) is 23.8 Å². The molecule has 1 atom stereocenters. The second-order valence-corrected chi connectivity index (χ2v) is 3.94. The summed E-state index contributed by atoms with van der Waals surface area (Å²) in [5, 5.41) is 0. The zero-order valence-electron chi connectivity index (χ0n) is 9.92. The number of esters is 1. The number of methoxy groups -OCH3 is 1. The molecule has 1 fully saturated rings. The zero-order valence-corrected chi connectivity index (χ0v) is 9.92. The van der Waals surface area contributed by atoms with Crippen molar-refractivity contribution in [3.8, 4) is 12.3 Å². The van der Waals surface area contributed by atoms with Crippen molar-refractivity contribution in [1.82, 2.24) is 4.98 Å². The third-order valence-corrected chi connectivity index (χ3v) is 2.81. The molecule has 5 heteroatoms. The average molecular weight is 244 g/mol. The third-order valence-electron chi connectivity index (χ3n) is 2.81. The van der Waals surface area contributed by atoms with Gasteiger partial charge in [0.15, 0.2) is 0 Å². The minimum atomic E-state index is -0.518. The molecule has 0 bridgehead atoms. The number of carbonyl (C=O) groups is 2. The lowest BCUT2D eigenvalue weighted by atomic mass is 10.1. The fourth-order valence-electron chi connectivity index (χ4n) is 1.91. The molecule has 1 aromatic heterocycles. The van der Waals surface area contributed by atoms with E-state index in [1.165, 1.54) is 18.2 Å². The largest absolute Gasteiger partial charge is 0.465 e. The van der Waals surface area contributed by atoms with Crippen LogP contribution < -0.4 is 4.90 Å². The Morgan fingerprint density at radius 2 is 2.44 bits per heavy atom. The highest BCUT2D eigenvalue weighted by Gasteiger charge is 2.32. The van der Waals surface area contributed by atoms with Crippen LogP contribution in [-0.4, -0.2) is 30.5 Å². The van der Waals surface area contributed by atoms with E-state index in [1.807, 2.05) is 0 Å². The Hall–Kier alpha value is -2.35. The molecule has 0 aliphatic carbocycles. The van der Waals surface area contributed by atoms with Gasteiger partial charge in [-0.15, -0.1) is 12.3 Å². The van der Waals surface area contributed by atoms with Crippen LogP contribution in [0.2, 0.25) is 0 Å². The molecule has 0 radical (unpaired) electrons. The van der Waals surface area contributed by atoms with Gasteiger partial charge in [0.2, 0.25) is 5.91 Å². The van der Waals surface area contributed by atoms with E-state index in [2.05, 4.69) is 15.6 Å². The van der Waals surface area contributed by atoms with Crippen molar-refractivity contribution in [2.75, 3.05) is 18.6 Å². The topological polar surface area (TPSA) is 59.5 Å². The summed E-state index contributed by atoms with van der Waals surface area (Å²) in [6, 6.07) is 3.19. The summed E-state index contributed by atoms with van der Waals surface area (Å²) in [4.78, 5) is 29.0. The number of aromatic nitrogens is 1. The molecule has 18 heavy (non-hydrogen) atoms. The number of terminal acetylenes is 1. The van der Waals surface area contributed by atoms with Crippen LogP contribution in [0.4, 0.5) is 5.82 Å². The maximum Gasteiger partial charge on any atom is 0.341 e. The molecule has 1 amide bonds. The second-order valence-electron chi connectivity index (χ2n) is 3.94. The Kier molecular flexibility index (Phi) is 3.28. The van der Waals surface area contributed by atoms with Gasteiger partial charge in [-0.25, -0.2) is 9.78 Å². The number of hydrogen-bond donors (Lipinski definition) is 0. The summed E-state index contributed by atoms with van der Waals surface area (Å²) < 4.78 is 4.67. The Morgan fingerprint density at radius 1 is 1.67 bits per heavy atom. The molecule has 1 unspecified atom stereocenters. The second kappa shape index (κ2) is 4.88. The van der Waals surface area contributed by atoms with Crippen molar-refractivity contribution < 1.29 is 14.3 Å². The van der Waals surface area contributed by atoms with Crippen LogP contribution in [-0.2, 0) is 9.53 Å². The van der Waals surface area contributed by atoms with Crippen molar-refractivity contribution in [2.24, 2.45) is 5.92 Å². The first kappa shape index (κ1) is 12.1. The molecule has 2 rings (SSSR count). The quantitative estimate of drug-likeness (QED) is 0.571. The standard InChI is InChI=1S/C13H12N2O3/c1-3-9-7-11(16)15(8-9)12-10(13(17)18-2)5-4-6-14-12/h1,4-6,9H,7-8H2,2H3. The minimum absolute atomic E-state index is 0.123. The summed E-state index contributed by atoms with van der Waals surface area (Å²) in [5.41, 5.74) is 0.269. The SMILES string of the molecule is C#CC1CC(=O)N(c2ncccc2C(=O)OC)C1. The van der Waals surface area contributed by atoms with Crippen LogP contribution in [0.3, 0.4) is 0 Å². The molecule has 92 valence electrons. The van der Waals surface area contributed by atoms with E-state index in [9.17, 15) is 9.59 Å². The highest BCUT2D eigenvalue weighted by Crippen LogP contribution is 2.26. The van der Waals surface area contributed by atoms with Crippen molar-refractivity contribution in [2.45, 2.75) is 6.42 Å². The van der Waals surface area contributed by atoms with Crippen LogP contribution in [0.15, 0.2) is 18.3 Å². The molecule has 0 aromatic carbocycles. The Bertz CT molecular complexity index is 533. The number of hydrogen-bond acceptors (Lipinski definition) is 4. The number of rotatable bonds is 2. The molecule has 0 N–H and O–H groups in total. The first-order valence-electron chi connectivity index (χ1n) is 5.47. The Morgan fingerprint density at radius 3 is 3.06 bits per heavy atom. The number of ether oxygens (including phenoxy) is 1. The summed E-state index contributed by atoms with van der Waals surface area (Å²) in [6.45, 7) is 0.385. The zero-order chi connectivity index (χ0) is 13.1. The molecule has 2 heterocycles. The number of anilines is 1. The normalized spacial score (nSPS) is 18.6. The molecule has 0 spiro atoms. The maximum atomic E-state index is 11.8. The fraction of sp³-hybridized carbons (Fsp3) is 0.308. The molecule has 1 saturated heterocycles. The molecule has 1 aromatic rings. The van der Waals surface area contributed by atoms with E-state index < -0.39 is 5.97 Å². The fourth-order valence-corrected chi connectivity index (χ4v) is 1.91. The smallest absolute Gasteiger partial charge is 0.341 e. The predicted octanol–water partition coefficient (Wildman–Crippen LogP) is 0.854. The molecule has 1 aliphatic rings. The Labute approximate surface area is 105 Å². The Balaban J connectivity index is 2.37. The van der Waals surface area contributed by atoms with Gasteiger partial charge in [-0.1, -0.05) is 0 Å². The van der Waals surface area contributed by atoms with Gasteiger partial charge < -0.3 is 4.74 Å². The number of carbonyl (C=O) groups excluding carboxylic acids is 2. The lowest BCUT2D eigenvalue weighted by Gasteiger charge is -2.17. The number of nitrogens with zero attached hydrogens (tertiary/aromatic N) is 2. The van der Waals surface area contributed by atoms with Gasteiger partial charge in [0, 0.05) is 25.1 Å². The molecule has 5 nitrogen and oxygen atoms in total. The molecular weight excluding hydrogens is 232 g/mol. The predicted molar refractivity (Wildman–Crippen MR) is 64.9 cm³/mol. The molecular formula is C13H12N2O3. The van der Waals surface area contributed by atoms with Gasteiger partial charge in [0.05, 0.1) is 7.11 Å². The van der Waals surface area contributed by atoms with Crippen LogP contribution in [0.1, 0.15) is 16.8 Å². The first-order valence-corrected chi connectivity index (χ1v) is 5.47. The van der Waals surface area contributed by atoms with Crippen molar-refractivity contribution in [1.29, 1.82) is 0 Å². The van der Waals surface area contributed by atoms with Gasteiger partial charge >= 0.3 is 5.97 Å². The van der Waals surface area contributed by atoms with Gasteiger partial charge in [0.25, 0.3) is 0 Å². The lowest BCUT2D eigenvalue weighted by molar-refractivity contribution is -0.117. The number of amides is 1. The monoisotopic (exact) mass is 244 g/mol. The highest BCUT2D eigenvalue weighted by atomic mass is 16.5. The van der Waals surface area contributed by atoms with Crippen molar-refractivity contribution in [3.63, 3.8) is 0 Å². The van der Waals surface area contributed by atoms with Gasteiger partial charge in [-0.05, 0) is 12.1 Å². The van der Waals surface area contributed by atoms with Crippen LogP contribution in [0.5, 0.6) is 0 Å². The van der Waals surface area contributed by atoms with E-state index in [1.54, 1.807) is 12.1 Å². The van der Waals surface area contributed by atoms with E-state index in [0.29, 0.717) is 12.4 Å². The van der Waals surface area contributed by atoms with Crippen molar-refractivity contribution >= 4 is 17.7 Å². The van der Waals surface area contributed by atoms with E-state index >= 15 is 0 Å². The summed E-state index contributed by atoms with van der Waals surface area (Å²) >= 11 is 0. The molecule has 0 saturated carbocycles. The summed E-state index contributed by atoms with van der Waals surface area (Å²) in [6.07, 6.45) is 7.13. The lowest BCUT2D eigenvalue weighted by Crippen LogP contribution is -2.27. The van der Waals surface area contributed by atoms with Gasteiger partial charge in [-0.2, -0.15) is 0 Å².